The van der Waals surface area contributed by atoms with E-state index in [1.165, 1.54) is 6.33 Å². The quantitative estimate of drug-likeness (QED) is 0.340. The van der Waals surface area contributed by atoms with Gasteiger partial charge in [-0.2, -0.15) is 14.3 Å². The lowest BCUT2D eigenvalue weighted by Gasteiger charge is -2.33. The number of thiophene rings is 1. The molecule has 1 atom stereocenters. The van der Waals surface area contributed by atoms with Gasteiger partial charge < -0.3 is 15.2 Å². The zero-order valence-corrected chi connectivity index (χ0v) is 16.4. The molecule has 3 aromatic rings. The van der Waals surface area contributed by atoms with E-state index in [9.17, 15) is 4.79 Å². The second-order valence-corrected chi connectivity index (χ2v) is 7.82. The maximum absolute atomic E-state index is 12.4. The topological polar surface area (TPSA) is 89.3 Å². The van der Waals surface area contributed by atoms with E-state index in [0.29, 0.717) is 26.3 Å². The SMILES string of the molecule is COc1ccc(C[N+]2(C=O)Cn3ncnc3-c3cc(CNCCO)sc32)cc1. The first-order chi connectivity index (χ1) is 13.7. The Bertz CT molecular complexity index is 968. The van der Waals surface area contributed by atoms with Gasteiger partial charge in [-0.15, -0.1) is 0 Å². The molecule has 1 amide bonds. The van der Waals surface area contributed by atoms with E-state index in [-0.39, 0.29) is 11.1 Å². The predicted octanol–water partition coefficient (Wildman–Crippen LogP) is 1.73. The van der Waals surface area contributed by atoms with E-state index in [1.54, 1.807) is 23.1 Å². The van der Waals surface area contributed by atoms with Crippen LogP contribution >= 0.6 is 11.3 Å². The molecule has 0 bridgehead atoms. The van der Waals surface area contributed by atoms with Crippen molar-refractivity contribution in [2.75, 3.05) is 20.3 Å². The van der Waals surface area contributed by atoms with Crippen LogP contribution < -0.4 is 14.5 Å². The van der Waals surface area contributed by atoms with Gasteiger partial charge in [0.15, 0.2) is 12.5 Å². The lowest BCUT2D eigenvalue weighted by atomic mass is 10.1. The molecule has 0 spiro atoms. The summed E-state index contributed by atoms with van der Waals surface area (Å²) in [6.45, 7) is 2.17. The first kappa shape index (κ1) is 18.8. The number of carbonyl (C=O) groups is 1. The molecule has 1 unspecified atom stereocenters. The molecule has 2 N–H and O–H groups in total. The molecule has 1 aliphatic rings. The summed E-state index contributed by atoms with van der Waals surface area (Å²) >= 11 is 1.60. The van der Waals surface area contributed by atoms with Gasteiger partial charge in [0.25, 0.3) is 0 Å². The van der Waals surface area contributed by atoms with Crippen LogP contribution in [0.1, 0.15) is 10.4 Å². The molecule has 1 aromatic carbocycles. The Hall–Kier alpha value is -2.59. The molecule has 9 heteroatoms. The Morgan fingerprint density at radius 2 is 2.21 bits per heavy atom. The van der Waals surface area contributed by atoms with Gasteiger partial charge >= 0.3 is 6.41 Å². The highest BCUT2D eigenvalue weighted by molar-refractivity contribution is 7.16. The highest BCUT2D eigenvalue weighted by Crippen LogP contribution is 2.45. The normalized spacial score (nSPS) is 17.8. The Morgan fingerprint density at radius 3 is 2.93 bits per heavy atom. The summed E-state index contributed by atoms with van der Waals surface area (Å²) in [7, 11) is 1.63. The minimum Gasteiger partial charge on any atom is -0.497 e. The number of amides is 1. The van der Waals surface area contributed by atoms with Gasteiger partial charge in [-0.25, -0.2) is 9.78 Å². The second kappa shape index (κ2) is 7.80. The number of quaternary nitrogens is 1. The molecule has 8 nitrogen and oxygen atoms in total. The van der Waals surface area contributed by atoms with Crippen molar-refractivity contribution in [2.24, 2.45) is 0 Å². The van der Waals surface area contributed by atoms with Crippen molar-refractivity contribution in [3.05, 3.63) is 47.1 Å². The number of aliphatic hydroxyl groups excluding tert-OH is 1. The number of methoxy groups -OCH3 is 1. The fraction of sp³-hybridized carbons (Fsp3) is 0.316. The first-order valence-electron chi connectivity index (χ1n) is 8.98. The van der Waals surface area contributed by atoms with Crippen LogP contribution in [0.3, 0.4) is 0 Å². The number of carbonyl (C=O) groups excluding carboxylic acids is 1. The molecule has 0 fully saturated rings. The van der Waals surface area contributed by atoms with Crippen molar-refractivity contribution in [1.29, 1.82) is 0 Å². The number of aliphatic hydroxyl groups is 1. The van der Waals surface area contributed by atoms with E-state index < -0.39 is 0 Å². The zero-order chi connectivity index (χ0) is 19.6. The van der Waals surface area contributed by atoms with Gasteiger partial charge in [0.1, 0.15) is 18.6 Å². The zero-order valence-electron chi connectivity index (χ0n) is 15.5. The smallest absolute Gasteiger partial charge is 0.309 e. The van der Waals surface area contributed by atoms with Crippen LogP contribution in [-0.4, -0.2) is 46.5 Å². The van der Waals surface area contributed by atoms with Gasteiger partial charge in [0.05, 0.1) is 19.3 Å². The van der Waals surface area contributed by atoms with Crippen LogP contribution in [0.15, 0.2) is 36.7 Å². The van der Waals surface area contributed by atoms with Crippen molar-refractivity contribution in [1.82, 2.24) is 24.6 Å². The van der Waals surface area contributed by atoms with Crippen molar-refractivity contribution >= 4 is 22.7 Å². The summed E-state index contributed by atoms with van der Waals surface area (Å²) in [5.74, 6) is 1.57. The van der Waals surface area contributed by atoms with E-state index in [0.717, 1.165) is 39.0 Å². The number of ether oxygens (including phenoxy) is 1. The minimum atomic E-state index is 0.0885. The molecule has 3 heterocycles. The van der Waals surface area contributed by atoms with Crippen LogP contribution in [0.5, 0.6) is 5.75 Å². The van der Waals surface area contributed by atoms with Gasteiger partial charge in [-0.05, 0) is 30.3 Å². The monoisotopic (exact) mass is 400 g/mol. The third kappa shape index (κ3) is 3.33. The standard InChI is InChI=1S/C19H22N5O3S/c1-27-15-4-2-14(3-5-15)10-24(13-26)12-23-18(21-11-22-23)17-8-16(28-19(17)24)9-20-6-7-25/h2-5,8,11,13,20,25H,6-7,9-10,12H2,1H3/q+1. The van der Waals surface area contributed by atoms with Gasteiger partial charge in [0, 0.05) is 23.5 Å². The van der Waals surface area contributed by atoms with E-state index >= 15 is 0 Å². The highest BCUT2D eigenvalue weighted by Gasteiger charge is 2.42. The Kier molecular flexibility index (Phi) is 5.23. The van der Waals surface area contributed by atoms with Gasteiger partial charge in [-0.1, -0.05) is 11.3 Å². The summed E-state index contributed by atoms with van der Waals surface area (Å²) in [5, 5.41) is 17.5. The van der Waals surface area contributed by atoms with E-state index in [4.69, 9.17) is 9.84 Å². The Balaban J connectivity index is 1.72. The highest BCUT2D eigenvalue weighted by atomic mass is 32.1. The number of benzene rings is 1. The third-order valence-electron chi connectivity index (χ3n) is 4.82. The molecule has 1 aliphatic heterocycles. The lowest BCUT2D eigenvalue weighted by Crippen LogP contribution is -2.50. The van der Waals surface area contributed by atoms with Crippen molar-refractivity contribution in [3.63, 3.8) is 0 Å². The molecule has 28 heavy (non-hydrogen) atoms. The molecule has 146 valence electrons. The summed E-state index contributed by atoms with van der Waals surface area (Å²) in [5.41, 5.74) is 1.98. The van der Waals surface area contributed by atoms with Crippen LogP contribution in [-0.2, 0) is 24.6 Å². The number of aromatic nitrogens is 3. The summed E-state index contributed by atoms with van der Waals surface area (Å²) < 4.78 is 7.15. The minimum absolute atomic E-state index is 0.0885. The molecule has 0 aliphatic carbocycles. The van der Waals surface area contributed by atoms with E-state index in [1.807, 2.05) is 24.3 Å². The first-order valence-corrected chi connectivity index (χ1v) is 9.80. The molecule has 0 radical (unpaired) electrons. The number of hydrogen-bond acceptors (Lipinski definition) is 7. The molecule has 2 aromatic heterocycles. The second-order valence-electron chi connectivity index (χ2n) is 6.70. The summed E-state index contributed by atoms with van der Waals surface area (Å²) in [6, 6.07) is 9.84. The molecule has 0 saturated carbocycles. The fourth-order valence-corrected chi connectivity index (χ4v) is 4.68. The van der Waals surface area contributed by atoms with Crippen LogP contribution in [0.2, 0.25) is 0 Å². The largest absolute Gasteiger partial charge is 0.497 e. The van der Waals surface area contributed by atoms with Crippen molar-refractivity contribution in [3.8, 4) is 17.1 Å². The molecular formula is C19H22N5O3S+. The summed E-state index contributed by atoms with van der Waals surface area (Å²) in [4.78, 5) is 17.9. The van der Waals surface area contributed by atoms with E-state index in [2.05, 4.69) is 21.5 Å². The van der Waals surface area contributed by atoms with Crippen molar-refractivity contribution < 1.29 is 14.6 Å². The third-order valence-corrected chi connectivity index (χ3v) is 6.13. The van der Waals surface area contributed by atoms with Crippen LogP contribution in [0, 0.1) is 0 Å². The lowest BCUT2D eigenvalue weighted by molar-refractivity contribution is -0.119. The Morgan fingerprint density at radius 1 is 1.39 bits per heavy atom. The van der Waals surface area contributed by atoms with Gasteiger partial charge in [-0.3, -0.25) is 0 Å². The van der Waals surface area contributed by atoms with Crippen molar-refractivity contribution in [2.45, 2.75) is 19.8 Å². The number of nitrogens with one attached hydrogen (secondary N) is 1. The number of hydrogen-bond donors (Lipinski definition) is 2. The van der Waals surface area contributed by atoms with Crippen LogP contribution in [0.4, 0.5) is 5.00 Å². The van der Waals surface area contributed by atoms with Gasteiger partial charge in [0.2, 0.25) is 5.00 Å². The molecular weight excluding hydrogens is 378 g/mol. The maximum atomic E-state index is 12.4. The summed E-state index contributed by atoms with van der Waals surface area (Å²) in [6.07, 6.45) is 2.52. The predicted molar refractivity (Wildman–Crippen MR) is 107 cm³/mol. The average molecular weight is 400 g/mol. The maximum Gasteiger partial charge on any atom is 0.309 e. The number of fused-ring (bicyclic) bond motifs is 3. The Labute approximate surface area is 166 Å². The van der Waals surface area contributed by atoms with Crippen LogP contribution in [0.25, 0.3) is 11.4 Å². The fourth-order valence-electron chi connectivity index (χ4n) is 3.48. The number of nitrogens with zero attached hydrogens (tertiary/aromatic N) is 4. The average Bonchev–Trinajstić information content (AvgIpc) is 3.35. The molecule has 4 rings (SSSR count). The number of rotatable bonds is 8. The molecule has 0 saturated heterocycles.